The summed E-state index contributed by atoms with van der Waals surface area (Å²) in [4.78, 5) is 23.0. The van der Waals surface area contributed by atoms with E-state index in [4.69, 9.17) is 5.73 Å². The number of carbonyl (C=O) groups excluding carboxylic acids is 2. The van der Waals surface area contributed by atoms with Gasteiger partial charge in [-0.15, -0.1) is 0 Å². The van der Waals surface area contributed by atoms with E-state index in [1.807, 2.05) is 20.8 Å². The smallest absolute Gasteiger partial charge is 0.328 e. The Morgan fingerprint density at radius 1 is 1.38 bits per heavy atom. The fraction of sp³-hybridized carbons (Fsp3) is 0.818. The first kappa shape index (κ1) is 14.9. The first-order valence-corrected chi connectivity index (χ1v) is 5.37. The zero-order chi connectivity index (χ0) is 12.9. The van der Waals surface area contributed by atoms with Gasteiger partial charge in [-0.3, -0.25) is 4.79 Å². The summed E-state index contributed by atoms with van der Waals surface area (Å²) < 4.78 is 4.58. The molecule has 0 aromatic heterocycles. The van der Waals surface area contributed by atoms with Gasteiger partial charge in [-0.2, -0.15) is 0 Å². The van der Waals surface area contributed by atoms with Crippen LogP contribution in [0.25, 0.3) is 0 Å². The third-order valence-corrected chi connectivity index (χ3v) is 2.43. The number of rotatable bonds is 4. The highest BCUT2D eigenvalue weighted by Crippen LogP contribution is 2.17. The average molecular weight is 230 g/mol. The number of nitrogens with one attached hydrogen (secondary N) is 1. The lowest BCUT2D eigenvalue weighted by atomic mass is 9.87. The maximum atomic E-state index is 11.7. The van der Waals surface area contributed by atoms with Gasteiger partial charge in [-0.25, -0.2) is 4.79 Å². The first-order chi connectivity index (χ1) is 7.23. The van der Waals surface area contributed by atoms with Crippen molar-refractivity contribution in [2.45, 2.75) is 46.2 Å². The predicted octanol–water partition coefficient (Wildman–Crippen LogP) is 0.428. The SMILES string of the molecule is CCC(NC(=O)[C@@H](N)C(C)(C)C)C(=O)OC. The summed E-state index contributed by atoms with van der Waals surface area (Å²) in [6, 6.07) is -1.27. The molecule has 5 heteroatoms. The summed E-state index contributed by atoms with van der Waals surface area (Å²) in [6.45, 7) is 7.41. The molecule has 5 nitrogen and oxygen atoms in total. The quantitative estimate of drug-likeness (QED) is 0.686. The second-order valence-electron chi connectivity index (χ2n) is 4.84. The lowest BCUT2D eigenvalue weighted by Crippen LogP contribution is -2.53. The van der Waals surface area contributed by atoms with Crippen molar-refractivity contribution in [1.82, 2.24) is 5.32 Å². The van der Waals surface area contributed by atoms with Crippen molar-refractivity contribution in [3.8, 4) is 0 Å². The summed E-state index contributed by atoms with van der Waals surface area (Å²) in [5.41, 5.74) is 5.44. The second-order valence-corrected chi connectivity index (χ2v) is 4.84. The van der Waals surface area contributed by atoms with Crippen LogP contribution in [0.3, 0.4) is 0 Å². The van der Waals surface area contributed by atoms with Crippen LogP contribution in [0, 0.1) is 5.41 Å². The van der Waals surface area contributed by atoms with Gasteiger partial charge in [-0.05, 0) is 11.8 Å². The van der Waals surface area contributed by atoms with Crippen LogP contribution in [0.5, 0.6) is 0 Å². The van der Waals surface area contributed by atoms with Gasteiger partial charge in [0.2, 0.25) is 5.91 Å². The predicted molar refractivity (Wildman–Crippen MR) is 61.7 cm³/mol. The topological polar surface area (TPSA) is 81.4 Å². The van der Waals surface area contributed by atoms with Gasteiger partial charge < -0.3 is 15.8 Å². The molecule has 0 aliphatic carbocycles. The molecule has 0 aromatic carbocycles. The van der Waals surface area contributed by atoms with Crippen molar-refractivity contribution in [2.75, 3.05) is 7.11 Å². The molecule has 0 aromatic rings. The van der Waals surface area contributed by atoms with Crippen LogP contribution in [0.4, 0.5) is 0 Å². The van der Waals surface area contributed by atoms with Crippen molar-refractivity contribution in [1.29, 1.82) is 0 Å². The van der Waals surface area contributed by atoms with Crippen molar-refractivity contribution in [3.63, 3.8) is 0 Å². The monoisotopic (exact) mass is 230 g/mol. The van der Waals surface area contributed by atoms with Crippen LogP contribution in [-0.4, -0.2) is 31.1 Å². The molecule has 0 spiro atoms. The van der Waals surface area contributed by atoms with E-state index in [9.17, 15) is 9.59 Å². The molecular formula is C11H22N2O3. The van der Waals surface area contributed by atoms with Crippen molar-refractivity contribution in [2.24, 2.45) is 11.1 Å². The summed E-state index contributed by atoms with van der Waals surface area (Å²) in [6.07, 6.45) is 0.481. The molecule has 0 radical (unpaired) electrons. The number of hydrogen-bond donors (Lipinski definition) is 2. The van der Waals surface area contributed by atoms with Crippen LogP contribution in [0.15, 0.2) is 0 Å². The Hall–Kier alpha value is -1.10. The molecule has 0 saturated heterocycles. The first-order valence-electron chi connectivity index (χ1n) is 5.37. The lowest BCUT2D eigenvalue weighted by Gasteiger charge is -2.27. The molecule has 94 valence electrons. The van der Waals surface area contributed by atoms with Gasteiger partial charge in [0.15, 0.2) is 0 Å². The molecule has 1 unspecified atom stereocenters. The van der Waals surface area contributed by atoms with E-state index < -0.39 is 18.1 Å². The molecule has 0 fully saturated rings. The minimum atomic E-state index is -0.647. The zero-order valence-corrected chi connectivity index (χ0v) is 10.7. The Kier molecular flexibility index (Phi) is 5.44. The molecule has 0 bridgehead atoms. The number of carbonyl (C=O) groups is 2. The van der Waals surface area contributed by atoms with Gasteiger partial charge in [0.1, 0.15) is 6.04 Å². The highest BCUT2D eigenvalue weighted by molar-refractivity contribution is 5.87. The molecule has 0 rings (SSSR count). The van der Waals surface area contributed by atoms with Crippen LogP contribution in [0.1, 0.15) is 34.1 Å². The highest BCUT2D eigenvalue weighted by Gasteiger charge is 2.30. The molecule has 0 heterocycles. The van der Waals surface area contributed by atoms with E-state index in [0.29, 0.717) is 6.42 Å². The summed E-state index contributed by atoms with van der Waals surface area (Å²) in [7, 11) is 1.29. The van der Waals surface area contributed by atoms with Crippen molar-refractivity contribution in [3.05, 3.63) is 0 Å². The number of ether oxygens (including phenoxy) is 1. The Morgan fingerprint density at radius 3 is 2.19 bits per heavy atom. The molecule has 3 N–H and O–H groups in total. The third kappa shape index (κ3) is 4.18. The fourth-order valence-corrected chi connectivity index (χ4v) is 1.12. The number of methoxy groups -OCH3 is 1. The Morgan fingerprint density at radius 2 is 1.88 bits per heavy atom. The number of nitrogens with two attached hydrogens (primary N) is 1. The number of hydrogen-bond acceptors (Lipinski definition) is 4. The zero-order valence-electron chi connectivity index (χ0n) is 10.7. The average Bonchev–Trinajstić information content (AvgIpc) is 2.21. The fourth-order valence-electron chi connectivity index (χ4n) is 1.12. The molecular weight excluding hydrogens is 208 g/mol. The molecule has 0 saturated carbocycles. The highest BCUT2D eigenvalue weighted by atomic mass is 16.5. The third-order valence-electron chi connectivity index (χ3n) is 2.43. The van der Waals surface area contributed by atoms with Crippen LogP contribution >= 0.6 is 0 Å². The van der Waals surface area contributed by atoms with Gasteiger partial charge in [0.05, 0.1) is 13.2 Å². The molecule has 0 aliphatic heterocycles. The van der Waals surface area contributed by atoms with Gasteiger partial charge in [-0.1, -0.05) is 27.7 Å². The molecule has 1 amide bonds. The largest absolute Gasteiger partial charge is 0.467 e. The molecule has 16 heavy (non-hydrogen) atoms. The Balaban J connectivity index is 4.48. The standard InChI is InChI=1S/C11H22N2O3/c1-6-7(10(15)16-5)13-9(14)8(12)11(2,3)4/h7-8H,6,12H2,1-5H3,(H,13,14)/t7?,8-/m1/s1. The maximum Gasteiger partial charge on any atom is 0.328 e. The number of esters is 1. The molecule has 2 atom stereocenters. The number of amides is 1. The summed E-state index contributed by atoms with van der Waals surface area (Å²) >= 11 is 0. The van der Waals surface area contributed by atoms with Crippen molar-refractivity contribution >= 4 is 11.9 Å². The minimum Gasteiger partial charge on any atom is -0.467 e. The second kappa shape index (κ2) is 5.84. The Labute approximate surface area is 96.7 Å². The van der Waals surface area contributed by atoms with Crippen LogP contribution in [0.2, 0.25) is 0 Å². The van der Waals surface area contributed by atoms with Gasteiger partial charge in [0, 0.05) is 0 Å². The molecule has 0 aliphatic rings. The van der Waals surface area contributed by atoms with Gasteiger partial charge in [0.25, 0.3) is 0 Å². The normalized spacial score (nSPS) is 15.1. The minimum absolute atomic E-state index is 0.329. The Bertz CT molecular complexity index is 258. The van der Waals surface area contributed by atoms with Gasteiger partial charge >= 0.3 is 5.97 Å². The lowest BCUT2D eigenvalue weighted by molar-refractivity contribution is -0.145. The van der Waals surface area contributed by atoms with Crippen LogP contribution in [-0.2, 0) is 14.3 Å². The van der Waals surface area contributed by atoms with Crippen LogP contribution < -0.4 is 11.1 Å². The maximum absolute atomic E-state index is 11.7. The summed E-state index contributed by atoms with van der Waals surface area (Å²) in [5.74, 6) is -0.776. The summed E-state index contributed by atoms with van der Waals surface area (Å²) in [5, 5.41) is 2.59. The van der Waals surface area contributed by atoms with E-state index >= 15 is 0 Å². The van der Waals surface area contributed by atoms with E-state index in [1.54, 1.807) is 6.92 Å². The van der Waals surface area contributed by atoms with E-state index in [1.165, 1.54) is 7.11 Å². The van der Waals surface area contributed by atoms with E-state index in [-0.39, 0.29) is 11.3 Å². The van der Waals surface area contributed by atoms with Crippen molar-refractivity contribution < 1.29 is 14.3 Å². The van der Waals surface area contributed by atoms with E-state index in [0.717, 1.165) is 0 Å². The van der Waals surface area contributed by atoms with E-state index in [2.05, 4.69) is 10.1 Å².